The first-order valence-corrected chi connectivity index (χ1v) is 6.51. The first kappa shape index (κ1) is 16.2. The fourth-order valence-electron chi connectivity index (χ4n) is 1.47. The normalized spacial score (nSPS) is 10.6. The van der Waals surface area contributed by atoms with Crippen molar-refractivity contribution in [2.24, 2.45) is 4.99 Å². The van der Waals surface area contributed by atoms with Crippen LogP contribution in [0.15, 0.2) is 23.2 Å². The quantitative estimate of drug-likeness (QED) is 0.682. The summed E-state index contributed by atoms with van der Waals surface area (Å²) in [5.41, 5.74) is 0.841. The molecule has 1 N–H and O–H groups in total. The SMILES string of the molecule is CC(C)(C)OC(=O)Nc1ccc(CCN=C=O)c(Cl)c1. The number of rotatable bonds is 4. The van der Waals surface area contributed by atoms with Gasteiger partial charge in [-0.2, -0.15) is 0 Å². The summed E-state index contributed by atoms with van der Waals surface area (Å²) in [7, 11) is 0. The molecule has 5 nitrogen and oxygen atoms in total. The third-order valence-electron chi connectivity index (χ3n) is 2.26. The molecule has 0 unspecified atom stereocenters. The van der Waals surface area contributed by atoms with Crippen molar-refractivity contribution in [2.75, 3.05) is 11.9 Å². The van der Waals surface area contributed by atoms with E-state index >= 15 is 0 Å². The molecule has 0 heterocycles. The highest BCUT2D eigenvalue weighted by Crippen LogP contribution is 2.22. The van der Waals surface area contributed by atoms with Crippen LogP contribution in [0.1, 0.15) is 26.3 Å². The Morgan fingerprint density at radius 1 is 1.45 bits per heavy atom. The van der Waals surface area contributed by atoms with Gasteiger partial charge in [-0.3, -0.25) is 5.32 Å². The lowest BCUT2D eigenvalue weighted by Crippen LogP contribution is -2.27. The maximum absolute atomic E-state index is 11.6. The highest BCUT2D eigenvalue weighted by molar-refractivity contribution is 6.31. The van der Waals surface area contributed by atoms with Crippen LogP contribution in [-0.2, 0) is 16.0 Å². The highest BCUT2D eigenvalue weighted by Gasteiger charge is 2.16. The molecule has 0 aromatic heterocycles. The first-order valence-electron chi connectivity index (χ1n) is 6.14. The Hall–Kier alpha value is -1.84. The lowest BCUT2D eigenvalue weighted by Gasteiger charge is -2.19. The zero-order valence-corrected chi connectivity index (χ0v) is 12.5. The summed E-state index contributed by atoms with van der Waals surface area (Å²) in [4.78, 5) is 25.0. The summed E-state index contributed by atoms with van der Waals surface area (Å²) in [5.74, 6) is 0. The van der Waals surface area contributed by atoms with Crippen LogP contribution in [0.5, 0.6) is 0 Å². The number of carbonyl (C=O) groups excluding carboxylic acids is 2. The topological polar surface area (TPSA) is 67.8 Å². The predicted octanol–water partition coefficient (Wildman–Crippen LogP) is 3.57. The molecule has 1 aromatic rings. The Kier molecular flexibility index (Phi) is 5.74. The van der Waals surface area contributed by atoms with Crippen LogP contribution in [0.2, 0.25) is 5.02 Å². The third kappa shape index (κ3) is 5.87. The Labute approximate surface area is 123 Å². The molecule has 1 amide bonds. The van der Waals surface area contributed by atoms with Gasteiger partial charge in [0.05, 0.1) is 6.54 Å². The summed E-state index contributed by atoms with van der Waals surface area (Å²) < 4.78 is 5.14. The van der Waals surface area contributed by atoms with Crippen molar-refractivity contribution in [1.82, 2.24) is 0 Å². The van der Waals surface area contributed by atoms with E-state index in [4.69, 9.17) is 16.3 Å². The first-order chi connectivity index (χ1) is 9.31. The van der Waals surface area contributed by atoms with Gasteiger partial charge in [-0.1, -0.05) is 17.7 Å². The van der Waals surface area contributed by atoms with Gasteiger partial charge < -0.3 is 4.74 Å². The van der Waals surface area contributed by atoms with Gasteiger partial charge in [-0.05, 0) is 44.9 Å². The third-order valence-corrected chi connectivity index (χ3v) is 2.61. The van der Waals surface area contributed by atoms with E-state index < -0.39 is 11.7 Å². The largest absolute Gasteiger partial charge is 0.444 e. The van der Waals surface area contributed by atoms with Crippen molar-refractivity contribution >= 4 is 29.5 Å². The van der Waals surface area contributed by atoms with E-state index in [0.717, 1.165) is 5.56 Å². The molecule has 0 atom stereocenters. The van der Waals surface area contributed by atoms with Crippen LogP contribution in [0.3, 0.4) is 0 Å². The van der Waals surface area contributed by atoms with E-state index in [-0.39, 0.29) is 0 Å². The van der Waals surface area contributed by atoms with E-state index in [9.17, 15) is 9.59 Å². The number of benzene rings is 1. The van der Waals surface area contributed by atoms with Gasteiger partial charge in [0.1, 0.15) is 5.60 Å². The van der Waals surface area contributed by atoms with Gasteiger partial charge in [-0.15, -0.1) is 0 Å². The molecule has 0 aliphatic carbocycles. The number of hydrogen-bond donors (Lipinski definition) is 1. The van der Waals surface area contributed by atoms with Crippen LogP contribution >= 0.6 is 11.6 Å². The predicted molar refractivity (Wildman–Crippen MR) is 78.0 cm³/mol. The highest BCUT2D eigenvalue weighted by atomic mass is 35.5. The number of aliphatic imine (C=N–C) groups is 1. The molecule has 0 bridgehead atoms. The van der Waals surface area contributed by atoms with Gasteiger partial charge in [0.2, 0.25) is 6.08 Å². The van der Waals surface area contributed by atoms with Gasteiger partial charge in [0.15, 0.2) is 0 Å². The molecule has 0 aliphatic rings. The number of carbonyl (C=O) groups is 1. The van der Waals surface area contributed by atoms with E-state index in [1.54, 1.807) is 39.0 Å². The number of isocyanates is 1. The number of nitrogens with one attached hydrogen (secondary N) is 1. The van der Waals surface area contributed by atoms with Crippen molar-refractivity contribution in [3.8, 4) is 0 Å². The van der Waals surface area contributed by atoms with Crippen LogP contribution in [0.4, 0.5) is 10.5 Å². The maximum Gasteiger partial charge on any atom is 0.412 e. The molecule has 0 aliphatic heterocycles. The molecule has 0 radical (unpaired) electrons. The second kappa shape index (κ2) is 7.08. The molecule has 0 spiro atoms. The molecular formula is C14H17ClN2O3. The molecule has 6 heteroatoms. The van der Waals surface area contributed by atoms with E-state index in [0.29, 0.717) is 23.7 Å². The van der Waals surface area contributed by atoms with Crippen LogP contribution < -0.4 is 5.32 Å². The number of nitrogens with zero attached hydrogens (tertiary/aromatic N) is 1. The number of halogens is 1. The van der Waals surface area contributed by atoms with Gasteiger partial charge in [0.25, 0.3) is 0 Å². The van der Waals surface area contributed by atoms with Crippen molar-refractivity contribution in [3.63, 3.8) is 0 Å². The Balaban J connectivity index is 2.67. The molecule has 1 rings (SSSR count). The summed E-state index contributed by atoms with van der Waals surface area (Å²) in [6.07, 6.45) is 1.48. The van der Waals surface area contributed by atoms with E-state index in [1.807, 2.05) is 0 Å². The van der Waals surface area contributed by atoms with Gasteiger partial charge >= 0.3 is 6.09 Å². The molecule has 0 saturated carbocycles. The molecule has 0 saturated heterocycles. The molecule has 0 fully saturated rings. The Morgan fingerprint density at radius 3 is 2.70 bits per heavy atom. The minimum Gasteiger partial charge on any atom is -0.444 e. The number of hydrogen-bond acceptors (Lipinski definition) is 4. The lowest BCUT2D eigenvalue weighted by molar-refractivity contribution is 0.0636. The minimum absolute atomic E-state index is 0.335. The average molecular weight is 297 g/mol. The van der Waals surface area contributed by atoms with Crippen molar-refractivity contribution in [3.05, 3.63) is 28.8 Å². The summed E-state index contributed by atoms with van der Waals surface area (Å²) in [6, 6.07) is 5.12. The fraction of sp³-hybridized carbons (Fsp3) is 0.429. The number of amides is 1. The summed E-state index contributed by atoms with van der Waals surface area (Å²) in [6.45, 7) is 5.70. The smallest absolute Gasteiger partial charge is 0.412 e. The second-order valence-electron chi connectivity index (χ2n) is 5.16. The second-order valence-corrected chi connectivity index (χ2v) is 5.56. The average Bonchev–Trinajstić information content (AvgIpc) is 2.29. The fourth-order valence-corrected chi connectivity index (χ4v) is 1.75. The molecule has 1 aromatic carbocycles. The zero-order chi connectivity index (χ0) is 15.2. The van der Waals surface area contributed by atoms with E-state index in [1.165, 1.54) is 6.08 Å². The maximum atomic E-state index is 11.6. The van der Waals surface area contributed by atoms with Crippen LogP contribution in [0, 0.1) is 0 Å². The van der Waals surface area contributed by atoms with Crippen molar-refractivity contribution < 1.29 is 14.3 Å². The Bertz CT molecular complexity index is 532. The summed E-state index contributed by atoms with van der Waals surface area (Å²) >= 11 is 6.09. The summed E-state index contributed by atoms with van der Waals surface area (Å²) in [5, 5.41) is 3.10. The van der Waals surface area contributed by atoms with Crippen molar-refractivity contribution in [2.45, 2.75) is 32.8 Å². The lowest BCUT2D eigenvalue weighted by atomic mass is 10.1. The van der Waals surface area contributed by atoms with E-state index in [2.05, 4.69) is 10.3 Å². The molecule has 20 heavy (non-hydrogen) atoms. The van der Waals surface area contributed by atoms with Crippen LogP contribution in [0.25, 0.3) is 0 Å². The number of ether oxygens (including phenoxy) is 1. The standard InChI is InChI=1S/C14H17ClN2O3/c1-14(2,3)20-13(19)17-11-5-4-10(12(15)8-11)6-7-16-9-18/h4-5,8H,6-7H2,1-3H3,(H,17,19). The Morgan fingerprint density at radius 2 is 2.15 bits per heavy atom. The molecule has 108 valence electrons. The van der Waals surface area contributed by atoms with Gasteiger partial charge in [-0.25, -0.2) is 14.6 Å². The zero-order valence-electron chi connectivity index (χ0n) is 11.7. The number of anilines is 1. The van der Waals surface area contributed by atoms with Crippen LogP contribution in [-0.4, -0.2) is 24.3 Å². The molecular weight excluding hydrogens is 280 g/mol. The van der Waals surface area contributed by atoms with Gasteiger partial charge in [0, 0.05) is 10.7 Å². The minimum atomic E-state index is -0.555. The monoisotopic (exact) mass is 296 g/mol. The van der Waals surface area contributed by atoms with Crippen molar-refractivity contribution in [1.29, 1.82) is 0 Å².